The Morgan fingerprint density at radius 1 is 0.453 bits per heavy atom. The molecule has 0 amide bonds. The van der Waals surface area contributed by atoms with Crippen LogP contribution in [0, 0.1) is 0 Å². The van der Waals surface area contributed by atoms with Crippen LogP contribution in [-0.2, 0) is 12.0 Å². The number of para-hydroxylation sites is 4. The lowest BCUT2D eigenvalue weighted by Crippen LogP contribution is -2.33. The molecular formula is C59H39N5. The molecule has 4 aromatic heterocycles. The summed E-state index contributed by atoms with van der Waals surface area (Å²) in [6.07, 6.45) is 5.52. The minimum absolute atomic E-state index is 0.442. The van der Waals surface area contributed by atoms with Gasteiger partial charge in [0.2, 0.25) is 5.95 Å². The fourth-order valence-corrected chi connectivity index (χ4v) is 11.1. The molecule has 1 aliphatic carbocycles. The highest BCUT2D eigenvalue weighted by Gasteiger charge is 2.35. The van der Waals surface area contributed by atoms with Crippen molar-refractivity contribution in [2.75, 3.05) is 0 Å². The van der Waals surface area contributed by atoms with Crippen LogP contribution in [0.15, 0.2) is 200 Å². The second kappa shape index (κ2) is 13.1. The van der Waals surface area contributed by atoms with E-state index in [0.29, 0.717) is 5.95 Å². The van der Waals surface area contributed by atoms with Crippen molar-refractivity contribution >= 4 is 93.0 Å². The summed E-state index contributed by atoms with van der Waals surface area (Å²) >= 11 is 0. The molecule has 0 saturated carbocycles. The van der Waals surface area contributed by atoms with E-state index in [1.165, 1.54) is 81.8 Å². The maximum Gasteiger partial charge on any atom is 0.235 e. The predicted octanol–water partition coefficient (Wildman–Crippen LogP) is 14.7. The van der Waals surface area contributed by atoms with Gasteiger partial charge in [0.05, 0.1) is 38.8 Å². The van der Waals surface area contributed by atoms with Gasteiger partial charge in [0.1, 0.15) is 0 Å². The van der Waals surface area contributed by atoms with Crippen LogP contribution in [0.2, 0.25) is 0 Å². The van der Waals surface area contributed by atoms with Gasteiger partial charge in [-0.05, 0) is 83.1 Å². The fourth-order valence-electron chi connectivity index (χ4n) is 11.1. The highest BCUT2D eigenvalue weighted by atomic mass is 15.2. The van der Waals surface area contributed by atoms with Gasteiger partial charge in [-0.15, -0.1) is 0 Å². The average molecular weight is 818 g/mol. The first-order valence-corrected chi connectivity index (χ1v) is 22.1. The number of allylic oxidation sites excluding steroid dienone is 1. The van der Waals surface area contributed by atoms with Crippen LogP contribution in [0.25, 0.3) is 116 Å². The molecule has 1 atom stereocenters. The SMILES string of the molecule is CC1(n2c3ccccc3c3c4c5ccccc5n(-c5ccc6ccccc6c5)c4ccc32)C=Cc2c(n(-c3nc(-c4ccc5ccccc5c4)c4ccccc4n3)c3ccccc23)C1. The Morgan fingerprint density at radius 3 is 1.81 bits per heavy atom. The molecule has 5 nitrogen and oxygen atoms in total. The molecule has 4 heterocycles. The van der Waals surface area contributed by atoms with Gasteiger partial charge in [-0.25, -0.2) is 9.97 Å². The molecule has 0 spiro atoms. The minimum atomic E-state index is -0.442. The zero-order chi connectivity index (χ0) is 42.1. The zero-order valence-electron chi connectivity index (χ0n) is 35.1. The first kappa shape index (κ1) is 35.3. The summed E-state index contributed by atoms with van der Waals surface area (Å²) < 4.78 is 7.39. The average Bonchev–Trinajstić information content (AvgIpc) is 3.99. The Hall–Kier alpha value is -8.28. The van der Waals surface area contributed by atoms with E-state index >= 15 is 0 Å². The van der Waals surface area contributed by atoms with Gasteiger partial charge in [0.15, 0.2) is 0 Å². The Balaban J connectivity index is 0.995. The fraction of sp³-hybridized carbons (Fsp3) is 0.0508. The predicted molar refractivity (Wildman–Crippen MR) is 267 cm³/mol. The van der Waals surface area contributed by atoms with Crippen molar-refractivity contribution in [2.24, 2.45) is 0 Å². The van der Waals surface area contributed by atoms with Crippen LogP contribution in [0.5, 0.6) is 0 Å². The number of fused-ring (bicyclic) bond motifs is 13. The molecule has 9 aromatic carbocycles. The summed E-state index contributed by atoms with van der Waals surface area (Å²) in [5, 5.41) is 12.2. The summed E-state index contributed by atoms with van der Waals surface area (Å²) in [5.74, 6) is 0.683. The lowest BCUT2D eigenvalue weighted by Gasteiger charge is -2.33. The van der Waals surface area contributed by atoms with Crippen LogP contribution in [0.1, 0.15) is 18.2 Å². The van der Waals surface area contributed by atoms with E-state index in [1.807, 2.05) is 0 Å². The highest BCUT2D eigenvalue weighted by Crippen LogP contribution is 2.47. The third kappa shape index (κ3) is 4.95. The van der Waals surface area contributed by atoms with Crippen LogP contribution >= 0.6 is 0 Å². The van der Waals surface area contributed by atoms with E-state index in [2.05, 4.69) is 227 Å². The molecule has 0 bridgehead atoms. The maximum absolute atomic E-state index is 5.51. The second-order valence-electron chi connectivity index (χ2n) is 17.6. The topological polar surface area (TPSA) is 40.6 Å². The third-order valence-electron chi connectivity index (χ3n) is 13.9. The normalized spacial score (nSPS) is 15.2. The van der Waals surface area contributed by atoms with Crippen molar-refractivity contribution in [2.45, 2.75) is 18.9 Å². The Bertz CT molecular complexity index is 4140. The van der Waals surface area contributed by atoms with Crippen molar-refractivity contribution in [1.82, 2.24) is 23.7 Å². The largest absolute Gasteiger partial charge is 0.331 e. The van der Waals surface area contributed by atoms with E-state index in [-0.39, 0.29) is 0 Å². The number of hydrogen-bond acceptors (Lipinski definition) is 2. The van der Waals surface area contributed by atoms with E-state index in [1.54, 1.807) is 0 Å². The van der Waals surface area contributed by atoms with Crippen molar-refractivity contribution in [3.63, 3.8) is 0 Å². The van der Waals surface area contributed by atoms with E-state index in [0.717, 1.165) is 39.8 Å². The molecule has 14 rings (SSSR count). The first-order chi connectivity index (χ1) is 31.6. The van der Waals surface area contributed by atoms with Crippen molar-refractivity contribution in [1.29, 1.82) is 0 Å². The molecule has 300 valence electrons. The van der Waals surface area contributed by atoms with Gasteiger partial charge < -0.3 is 9.13 Å². The number of nitrogens with zero attached hydrogens (tertiary/aromatic N) is 5. The van der Waals surface area contributed by atoms with E-state index in [4.69, 9.17) is 9.97 Å². The smallest absolute Gasteiger partial charge is 0.235 e. The van der Waals surface area contributed by atoms with Gasteiger partial charge >= 0.3 is 0 Å². The lowest BCUT2D eigenvalue weighted by molar-refractivity contribution is 0.423. The Morgan fingerprint density at radius 2 is 1.03 bits per heavy atom. The summed E-state index contributed by atoms with van der Waals surface area (Å²) in [7, 11) is 0. The summed E-state index contributed by atoms with van der Waals surface area (Å²) in [6, 6.07) is 70.4. The van der Waals surface area contributed by atoms with E-state index in [9.17, 15) is 0 Å². The highest BCUT2D eigenvalue weighted by molar-refractivity contribution is 6.28. The zero-order valence-corrected chi connectivity index (χ0v) is 35.1. The van der Waals surface area contributed by atoms with E-state index < -0.39 is 5.54 Å². The second-order valence-corrected chi connectivity index (χ2v) is 17.6. The summed E-state index contributed by atoms with van der Waals surface area (Å²) in [4.78, 5) is 10.9. The quantitative estimate of drug-likeness (QED) is 0.177. The number of aromatic nitrogens is 5. The van der Waals surface area contributed by atoms with Gasteiger partial charge in [-0.1, -0.05) is 152 Å². The number of rotatable bonds is 4. The summed E-state index contributed by atoms with van der Waals surface area (Å²) in [5.41, 5.74) is 12.0. The molecule has 1 unspecified atom stereocenters. The standard InChI is InChI=1S/C59H39N5/c1-59(64-51-25-13-9-21-47(51)56-53(64)31-30-52-55(56)46-20-8-12-24-50(46)62(52)42-29-28-38-15-3-5-17-40(38)35-42)33-32-44-43-18-7-11-23-49(43)63(54(44)36-59)58-60-48-22-10-6-19-45(48)57(61-58)41-27-26-37-14-2-4-16-39(37)34-41/h2-35H,36H2,1H3. The van der Waals surface area contributed by atoms with Crippen LogP contribution < -0.4 is 0 Å². The van der Waals surface area contributed by atoms with Crippen molar-refractivity contribution < 1.29 is 0 Å². The monoisotopic (exact) mass is 817 g/mol. The Labute approximate surface area is 368 Å². The number of hydrogen-bond donors (Lipinski definition) is 0. The number of benzene rings is 9. The van der Waals surface area contributed by atoms with Gasteiger partial charge in [-0.3, -0.25) is 4.57 Å². The van der Waals surface area contributed by atoms with Crippen LogP contribution in [-0.4, -0.2) is 23.7 Å². The Kier molecular flexibility index (Phi) is 7.24. The molecule has 13 aromatic rings. The van der Waals surface area contributed by atoms with Gasteiger partial charge in [-0.2, -0.15) is 0 Å². The first-order valence-electron chi connectivity index (χ1n) is 22.1. The van der Waals surface area contributed by atoms with Gasteiger partial charge in [0, 0.05) is 66.8 Å². The summed E-state index contributed by atoms with van der Waals surface area (Å²) in [6.45, 7) is 2.39. The molecule has 0 saturated heterocycles. The van der Waals surface area contributed by atoms with Crippen LogP contribution in [0.3, 0.4) is 0 Å². The molecule has 0 N–H and O–H groups in total. The molecule has 64 heavy (non-hydrogen) atoms. The van der Waals surface area contributed by atoms with Crippen molar-refractivity contribution in [3.8, 4) is 22.9 Å². The van der Waals surface area contributed by atoms with Crippen molar-refractivity contribution in [3.05, 3.63) is 211 Å². The molecule has 0 radical (unpaired) electrons. The van der Waals surface area contributed by atoms with Crippen LogP contribution in [0.4, 0.5) is 0 Å². The third-order valence-corrected chi connectivity index (χ3v) is 13.9. The van der Waals surface area contributed by atoms with Gasteiger partial charge in [0.25, 0.3) is 0 Å². The molecule has 5 heteroatoms. The molecule has 0 aliphatic heterocycles. The minimum Gasteiger partial charge on any atom is -0.331 e. The molecular weight excluding hydrogens is 779 g/mol. The molecule has 0 fully saturated rings. The molecule has 1 aliphatic rings. The lowest BCUT2D eigenvalue weighted by atomic mass is 9.87. The maximum atomic E-state index is 5.51.